The number of hydrogen-bond donors (Lipinski definition) is 1. The first-order valence-electron chi connectivity index (χ1n) is 10.0. The maximum absolute atomic E-state index is 14.0. The van der Waals surface area contributed by atoms with Gasteiger partial charge in [-0.3, -0.25) is 14.6 Å². The first-order valence-corrected chi connectivity index (χ1v) is 11.5. The Bertz CT molecular complexity index is 1150. The molecule has 0 spiro atoms. The van der Waals surface area contributed by atoms with Gasteiger partial charge in [-0.2, -0.15) is 4.39 Å². The number of carbonyl (C=O) groups is 1. The first kappa shape index (κ1) is 21.4. The van der Waals surface area contributed by atoms with E-state index < -0.39 is 21.4 Å². The number of hydrogen-bond acceptors (Lipinski definition) is 6. The van der Waals surface area contributed by atoms with E-state index in [9.17, 15) is 22.4 Å². The summed E-state index contributed by atoms with van der Waals surface area (Å²) in [6.07, 6.45) is 1.67. The summed E-state index contributed by atoms with van der Waals surface area (Å²) in [5.74, 6) is -0.658. The molecule has 1 amide bonds. The molecule has 0 radical (unpaired) electrons. The topological polar surface area (TPSA) is 107 Å². The lowest BCUT2D eigenvalue weighted by Gasteiger charge is -2.35. The van der Waals surface area contributed by atoms with E-state index >= 15 is 0 Å². The van der Waals surface area contributed by atoms with Crippen molar-refractivity contribution in [3.05, 3.63) is 51.7 Å². The lowest BCUT2D eigenvalue weighted by molar-refractivity contribution is 0.0746. The highest BCUT2D eigenvalue weighted by Gasteiger charge is 2.31. The van der Waals surface area contributed by atoms with Crippen molar-refractivity contribution in [2.45, 2.75) is 23.7 Å². The fourth-order valence-corrected chi connectivity index (χ4v) is 4.43. The molecule has 1 aliphatic heterocycles. The van der Waals surface area contributed by atoms with Crippen molar-refractivity contribution in [2.24, 2.45) is 0 Å². The van der Waals surface area contributed by atoms with Crippen LogP contribution in [0.15, 0.2) is 34.0 Å². The van der Waals surface area contributed by atoms with Gasteiger partial charge >= 0.3 is 0 Å². The van der Waals surface area contributed by atoms with E-state index in [1.54, 1.807) is 4.90 Å². The number of nitrogens with zero attached hydrogens (tertiary/aromatic N) is 4. The molecule has 1 aromatic carbocycles. The largest absolute Gasteiger partial charge is 0.339 e. The van der Waals surface area contributed by atoms with Crippen LogP contribution in [-0.4, -0.2) is 73.8 Å². The quantitative estimate of drug-likeness (QED) is 0.730. The van der Waals surface area contributed by atoms with E-state index in [2.05, 4.69) is 9.97 Å². The van der Waals surface area contributed by atoms with Crippen LogP contribution in [0.2, 0.25) is 0 Å². The highest BCUT2D eigenvalue weighted by molar-refractivity contribution is 7.89. The van der Waals surface area contributed by atoms with Gasteiger partial charge in [-0.1, -0.05) is 0 Å². The van der Waals surface area contributed by atoms with Crippen LogP contribution in [-0.2, 0) is 10.0 Å². The van der Waals surface area contributed by atoms with Crippen molar-refractivity contribution in [1.82, 2.24) is 19.2 Å². The van der Waals surface area contributed by atoms with E-state index in [0.29, 0.717) is 37.7 Å². The van der Waals surface area contributed by atoms with Crippen LogP contribution in [0.5, 0.6) is 0 Å². The van der Waals surface area contributed by atoms with Crippen LogP contribution in [0.1, 0.15) is 34.8 Å². The zero-order valence-electron chi connectivity index (χ0n) is 17.3. The SMILES string of the molecule is CN(C)S(=O)(=O)c1ccc(C(=O)N2CCN(c3nc(C4CC4)c(F)c(=O)[nH]3)CC2)cc1. The third-order valence-electron chi connectivity index (χ3n) is 5.59. The summed E-state index contributed by atoms with van der Waals surface area (Å²) >= 11 is 0. The zero-order valence-corrected chi connectivity index (χ0v) is 18.2. The molecular weight excluding hydrogens is 425 g/mol. The second-order valence-corrected chi connectivity index (χ2v) is 10.1. The number of amides is 1. The number of benzene rings is 1. The number of carbonyl (C=O) groups excluding carboxylic acids is 1. The molecular formula is C20H24FN5O4S. The molecule has 1 N–H and O–H groups in total. The van der Waals surface area contributed by atoms with Crippen molar-refractivity contribution >= 4 is 21.9 Å². The van der Waals surface area contributed by atoms with Crippen molar-refractivity contribution in [3.63, 3.8) is 0 Å². The zero-order chi connectivity index (χ0) is 22.3. The van der Waals surface area contributed by atoms with Crippen molar-refractivity contribution in [3.8, 4) is 0 Å². The van der Waals surface area contributed by atoms with Crippen molar-refractivity contribution < 1.29 is 17.6 Å². The predicted octanol–water partition coefficient (Wildman–Crippen LogP) is 0.999. The van der Waals surface area contributed by atoms with Crippen LogP contribution < -0.4 is 10.5 Å². The van der Waals surface area contributed by atoms with Crippen LogP contribution in [0.4, 0.5) is 10.3 Å². The minimum absolute atomic E-state index is 0.0169. The number of aromatic amines is 1. The molecule has 31 heavy (non-hydrogen) atoms. The van der Waals surface area contributed by atoms with Crippen LogP contribution in [0.3, 0.4) is 0 Å². The molecule has 0 unspecified atom stereocenters. The van der Waals surface area contributed by atoms with Gasteiger partial charge in [0, 0.05) is 51.8 Å². The molecule has 1 aromatic heterocycles. The second-order valence-electron chi connectivity index (χ2n) is 7.95. The average Bonchev–Trinajstić information content (AvgIpc) is 3.60. The Morgan fingerprint density at radius 3 is 2.29 bits per heavy atom. The number of nitrogens with one attached hydrogen (secondary N) is 1. The molecule has 166 valence electrons. The Kier molecular flexibility index (Phi) is 5.56. The van der Waals surface area contributed by atoms with Crippen LogP contribution in [0, 0.1) is 5.82 Å². The Morgan fingerprint density at radius 1 is 1.13 bits per heavy atom. The van der Waals surface area contributed by atoms with E-state index in [1.807, 2.05) is 4.90 Å². The number of halogens is 1. The summed E-state index contributed by atoms with van der Waals surface area (Å²) in [5, 5.41) is 0. The predicted molar refractivity (Wildman–Crippen MR) is 112 cm³/mol. The molecule has 0 atom stereocenters. The van der Waals surface area contributed by atoms with Gasteiger partial charge in [0.05, 0.1) is 10.6 Å². The van der Waals surface area contributed by atoms with Crippen molar-refractivity contribution in [1.29, 1.82) is 0 Å². The monoisotopic (exact) mass is 449 g/mol. The second kappa shape index (κ2) is 8.04. The molecule has 0 bridgehead atoms. The number of sulfonamides is 1. The van der Waals surface area contributed by atoms with E-state index in [-0.39, 0.29) is 22.4 Å². The summed E-state index contributed by atoms with van der Waals surface area (Å²) in [6.45, 7) is 1.68. The lowest BCUT2D eigenvalue weighted by Crippen LogP contribution is -2.49. The standard InChI is InChI=1S/C20H24FN5O4S/c1-24(2)31(29,30)15-7-5-14(6-8-15)19(28)25-9-11-26(12-10-25)20-22-17(13-3-4-13)16(21)18(27)23-20/h5-8,13H,3-4,9-12H2,1-2H3,(H,22,23,27). The number of rotatable bonds is 5. The molecule has 2 aliphatic rings. The number of piperazine rings is 1. The Balaban J connectivity index is 1.43. The average molecular weight is 450 g/mol. The van der Waals surface area contributed by atoms with E-state index in [0.717, 1.165) is 17.1 Å². The van der Waals surface area contributed by atoms with Gasteiger partial charge in [0.25, 0.3) is 11.5 Å². The van der Waals surface area contributed by atoms with Gasteiger partial charge < -0.3 is 9.80 Å². The molecule has 1 saturated heterocycles. The van der Waals surface area contributed by atoms with Gasteiger partial charge in [0.2, 0.25) is 21.8 Å². The maximum atomic E-state index is 14.0. The maximum Gasteiger partial charge on any atom is 0.288 e. The van der Waals surface area contributed by atoms with Gasteiger partial charge in [-0.15, -0.1) is 0 Å². The first-order chi connectivity index (χ1) is 14.7. The van der Waals surface area contributed by atoms with E-state index in [4.69, 9.17) is 0 Å². The summed E-state index contributed by atoms with van der Waals surface area (Å²) in [6, 6.07) is 5.86. The molecule has 2 aromatic rings. The van der Waals surface area contributed by atoms with Gasteiger partial charge in [0.15, 0.2) is 0 Å². The molecule has 11 heteroatoms. The fourth-order valence-electron chi connectivity index (χ4n) is 3.53. The highest BCUT2D eigenvalue weighted by Crippen LogP contribution is 2.39. The fraction of sp³-hybridized carbons (Fsp3) is 0.450. The molecule has 9 nitrogen and oxygen atoms in total. The number of H-pyrrole nitrogens is 1. The normalized spacial score (nSPS) is 17.3. The smallest absolute Gasteiger partial charge is 0.288 e. The summed E-state index contributed by atoms with van der Waals surface area (Å²) in [4.78, 5) is 35.2. The van der Waals surface area contributed by atoms with Gasteiger partial charge in [-0.25, -0.2) is 17.7 Å². The van der Waals surface area contributed by atoms with E-state index in [1.165, 1.54) is 38.4 Å². The molecule has 2 heterocycles. The Hall–Kier alpha value is -2.79. The van der Waals surface area contributed by atoms with Crippen LogP contribution in [0.25, 0.3) is 0 Å². The number of anilines is 1. The van der Waals surface area contributed by atoms with Gasteiger partial charge in [-0.05, 0) is 37.1 Å². The molecule has 2 fully saturated rings. The Labute approximate surface area is 179 Å². The summed E-state index contributed by atoms with van der Waals surface area (Å²) < 4.78 is 39.5. The summed E-state index contributed by atoms with van der Waals surface area (Å²) in [7, 11) is -0.657. The third kappa shape index (κ3) is 4.19. The third-order valence-corrected chi connectivity index (χ3v) is 7.42. The minimum atomic E-state index is -3.55. The highest BCUT2D eigenvalue weighted by atomic mass is 32.2. The Morgan fingerprint density at radius 2 is 1.74 bits per heavy atom. The molecule has 1 saturated carbocycles. The molecule has 1 aliphatic carbocycles. The van der Waals surface area contributed by atoms with Crippen LogP contribution >= 0.6 is 0 Å². The number of aromatic nitrogens is 2. The minimum Gasteiger partial charge on any atom is -0.339 e. The molecule has 4 rings (SSSR count). The lowest BCUT2D eigenvalue weighted by atomic mass is 10.2. The van der Waals surface area contributed by atoms with Crippen molar-refractivity contribution in [2.75, 3.05) is 45.2 Å². The van der Waals surface area contributed by atoms with Gasteiger partial charge in [0.1, 0.15) is 0 Å². The summed E-state index contributed by atoms with van der Waals surface area (Å²) in [5.41, 5.74) is -0.140.